The Balaban J connectivity index is 1.59. The first-order valence-corrected chi connectivity index (χ1v) is 10.0. The van der Waals surface area contributed by atoms with Gasteiger partial charge in [0, 0.05) is 62.1 Å². The van der Waals surface area contributed by atoms with Gasteiger partial charge in [-0.3, -0.25) is 4.68 Å². The van der Waals surface area contributed by atoms with Crippen LogP contribution in [0.15, 0.2) is 51.9 Å². The van der Waals surface area contributed by atoms with E-state index in [9.17, 15) is 9.50 Å². The minimum Gasteiger partial charge on any atom is -0.392 e. The number of allylic oxidation sites excluding steroid dienone is 1. The molecule has 2 heterocycles. The number of likely N-dealkylation sites (tertiary alicyclic amines) is 1. The summed E-state index contributed by atoms with van der Waals surface area (Å²) >= 11 is 0. The maximum Gasteiger partial charge on any atom is 0.224 e. The van der Waals surface area contributed by atoms with Crippen molar-refractivity contribution >= 4 is 24.0 Å². The molecule has 1 aliphatic rings. The minimum absolute atomic E-state index is 0.255. The highest BCUT2D eigenvalue weighted by molar-refractivity contribution is 5.90. The van der Waals surface area contributed by atoms with Crippen LogP contribution in [-0.2, 0) is 25.1 Å². The van der Waals surface area contributed by atoms with Crippen LogP contribution in [0.2, 0.25) is 0 Å². The number of oxime groups is 1. The molecule has 0 amide bonds. The molecule has 0 radical (unpaired) electrons. The van der Waals surface area contributed by atoms with Crippen molar-refractivity contribution < 1.29 is 14.3 Å². The van der Waals surface area contributed by atoms with Crippen LogP contribution < -0.4 is 0 Å². The molecule has 1 N–H and O–H groups in total. The number of halogens is 1. The number of nitrogens with zero attached hydrogens (tertiary/aromatic N) is 6. The predicted octanol–water partition coefficient (Wildman–Crippen LogP) is 3.14. The Bertz CT molecular complexity index is 1000. The molecular weight excluding hydrogens is 399 g/mol. The molecule has 164 valence electrons. The minimum atomic E-state index is -0.438. The van der Waals surface area contributed by atoms with Crippen molar-refractivity contribution in [3.8, 4) is 0 Å². The van der Waals surface area contributed by atoms with E-state index in [2.05, 4.69) is 27.0 Å². The SMILES string of the molecule is C=NC(=N/C=C(\C)c1cccc(CO)c1F)N1CCC(=NOCc2cnn(C)c2)CC1. The van der Waals surface area contributed by atoms with Gasteiger partial charge in [0.15, 0.2) is 0 Å². The van der Waals surface area contributed by atoms with E-state index < -0.39 is 5.82 Å². The van der Waals surface area contributed by atoms with Crippen molar-refractivity contribution in [1.29, 1.82) is 0 Å². The van der Waals surface area contributed by atoms with Gasteiger partial charge in [-0.05, 0) is 19.2 Å². The smallest absolute Gasteiger partial charge is 0.224 e. The summed E-state index contributed by atoms with van der Waals surface area (Å²) in [6, 6.07) is 4.92. The number of hydrogen-bond acceptors (Lipinski definition) is 5. The molecule has 0 aliphatic carbocycles. The van der Waals surface area contributed by atoms with Gasteiger partial charge >= 0.3 is 0 Å². The van der Waals surface area contributed by atoms with Crippen molar-refractivity contribution in [2.24, 2.45) is 22.2 Å². The number of aromatic nitrogens is 2. The molecule has 1 aromatic carbocycles. The summed E-state index contributed by atoms with van der Waals surface area (Å²) < 4.78 is 16.1. The predicted molar refractivity (Wildman–Crippen MR) is 119 cm³/mol. The number of benzene rings is 1. The van der Waals surface area contributed by atoms with E-state index in [1.54, 1.807) is 42.2 Å². The van der Waals surface area contributed by atoms with Crippen LogP contribution in [0.1, 0.15) is 36.5 Å². The van der Waals surface area contributed by atoms with Gasteiger partial charge in [0.05, 0.1) is 18.5 Å². The second kappa shape index (κ2) is 10.6. The number of hydrogen-bond donors (Lipinski definition) is 1. The maximum atomic E-state index is 14.4. The lowest BCUT2D eigenvalue weighted by Gasteiger charge is -2.27. The molecule has 1 saturated heterocycles. The highest BCUT2D eigenvalue weighted by atomic mass is 19.1. The lowest BCUT2D eigenvalue weighted by atomic mass is 10.0. The van der Waals surface area contributed by atoms with E-state index in [1.165, 1.54) is 0 Å². The standard InChI is InChI=1S/C22H27FN6O2/c1-16(20-6-4-5-18(14-30)21(20)23)11-25-22(24-2)29-9-7-19(8-10-29)27-31-15-17-12-26-28(3)13-17/h4-6,11-13,30H,2,7-10,14-15H2,1,3H3/b16-11+,25-22?. The fourth-order valence-corrected chi connectivity index (χ4v) is 3.25. The monoisotopic (exact) mass is 426 g/mol. The Morgan fingerprint density at radius 3 is 2.77 bits per heavy atom. The summed E-state index contributed by atoms with van der Waals surface area (Å²) in [5.74, 6) is 0.0422. The zero-order valence-electron chi connectivity index (χ0n) is 17.8. The van der Waals surface area contributed by atoms with Crippen molar-refractivity contribution in [1.82, 2.24) is 14.7 Å². The van der Waals surface area contributed by atoms with Crippen molar-refractivity contribution in [3.05, 3.63) is 59.3 Å². The number of rotatable bonds is 6. The second-order valence-corrected chi connectivity index (χ2v) is 7.28. The highest BCUT2D eigenvalue weighted by Crippen LogP contribution is 2.21. The molecule has 2 aromatic rings. The van der Waals surface area contributed by atoms with Crippen LogP contribution in [0.4, 0.5) is 4.39 Å². The van der Waals surface area contributed by atoms with Crippen molar-refractivity contribution in [3.63, 3.8) is 0 Å². The molecule has 1 aromatic heterocycles. The van der Waals surface area contributed by atoms with Crippen LogP contribution in [-0.4, -0.2) is 51.3 Å². The van der Waals surface area contributed by atoms with Crippen LogP contribution in [0.5, 0.6) is 0 Å². The lowest BCUT2D eigenvalue weighted by Crippen LogP contribution is -2.37. The Labute approximate surface area is 181 Å². The van der Waals surface area contributed by atoms with E-state index >= 15 is 0 Å². The van der Waals surface area contributed by atoms with Crippen molar-refractivity contribution in [2.45, 2.75) is 33.0 Å². The molecule has 1 aliphatic heterocycles. The molecule has 0 spiro atoms. The molecule has 8 nitrogen and oxygen atoms in total. The van der Waals surface area contributed by atoms with E-state index in [0.717, 1.165) is 24.1 Å². The van der Waals surface area contributed by atoms with Crippen LogP contribution in [0.3, 0.4) is 0 Å². The molecule has 0 atom stereocenters. The van der Waals surface area contributed by atoms with Gasteiger partial charge in [0.25, 0.3) is 0 Å². The van der Waals surface area contributed by atoms with Gasteiger partial charge in [0.1, 0.15) is 12.4 Å². The molecular formula is C22H27FN6O2. The van der Waals surface area contributed by atoms with Gasteiger partial charge < -0.3 is 14.8 Å². The molecule has 1 fully saturated rings. The summed E-state index contributed by atoms with van der Waals surface area (Å²) in [5, 5.41) is 17.6. The topological polar surface area (TPSA) is 87.6 Å². The zero-order valence-corrected chi connectivity index (χ0v) is 17.8. The molecule has 31 heavy (non-hydrogen) atoms. The lowest BCUT2D eigenvalue weighted by molar-refractivity contribution is 0.128. The summed E-state index contributed by atoms with van der Waals surface area (Å²) in [4.78, 5) is 15.9. The number of piperidine rings is 1. The van der Waals surface area contributed by atoms with E-state index in [-0.39, 0.29) is 12.2 Å². The Morgan fingerprint density at radius 2 is 2.13 bits per heavy atom. The first-order valence-electron chi connectivity index (χ1n) is 10.0. The summed E-state index contributed by atoms with van der Waals surface area (Å²) in [5.41, 5.74) is 3.25. The first kappa shape index (κ1) is 22.4. The van der Waals surface area contributed by atoms with E-state index in [4.69, 9.17) is 4.84 Å². The van der Waals surface area contributed by atoms with Gasteiger partial charge in [-0.15, -0.1) is 0 Å². The van der Waals surface area contributed by atoms with Crippen LogP contribution in [0.25, 0.3) is 5.57 Å². The number of aliphatic hydroxyl groups is 1. The van der Waals surface area contributed by atoms with Crippen molar-refractivity contribution in [2.75, 3.05) is 13.1 Å². The molecule has 9 heteroatoms. The average molecular weight is 426 g/mol. The van der Waals surface area contributed by atoms with Crippen LogP contribution in [0, 0.1) is 5.82 Å². The largest absolute Gasteiger partial charge is 0.392 e. The molecule has 3 rings (SSSR count). The number of aryl methyl sites for hydroxylation is 1. The number of aliphatic imine (C=N–C) groups is 2. The normalized spacial score (nSPS) is 15.2. The number of aliphatic hydroxyl groups excluding tert-OH is 1. The fourth-order valence-electron chi connectivity index (χ4n) is 3.25. The Morgan fingerprint density at radius 1 is 1.35 bits per heavy atom. The third-order valence-electron chi connectivity index (χ3n) is 5.00. The molecule has 0 bridgehead atoms. The third-order valence-corrected chi connectivity index (χ3v) is 5.00. The highest BCUT2D eigenvalue weighted by Gasteiger charge is 2.18. The second-order valence-electron chi connectivity index (χ2n) is 7.28. The first-order chi connectivity index (χ1) is 15.0. The van der Waals surface area contributed by atoms with Gasteiger partial charge in [-0.1, -0.05) is 23.4 Å². The van der Waals surface area contributed by atoms with Gasteiger partial charge in [-0.25, -0.2) is 14.4 Å². The Hall–Kier alpha value is -3.33. The van der Waals surface area contributed by atoms with Crippen LogP contribution >= 0.6 is 0 Å². The molecule has 0 unspecified atom stereocenters. The molecule has 0 saturated carbocycles. The zero-order chi connectivity index (χ0) is 22.2. The number of guanidine groups is 1. The third kappa shape index (κ3) is 5.85. The quantitative estimate of drug-likeness (QED) is 0.437. The van der Waals surface area contributed by atoms with Gasteiger partial charge in [0.2, 0.25) is 5.96 Å². The van der Waals surface area contributed by atoms with E-state index in [1.807, 2.05) is 18.1 Å². The van der Waals surface area contributed by atoms with Gasteiger partial charge in [-0.2, -0.15) is 5.10 Å². The Kier molecular flexibility index (Phi) is 7.66. The van der Waals surface area contributed by atoms with E-state index in [0.29, 0.717) is 36.8 Å². The summed E-state index contributed by atoms with van der Waals surface area (Å²) in [6.07, 6.45) is 6.69. The summed E-state index contributed by atoms with van der Waals surface area (Å²) in [7, 11) is 1.86. The maximum absolute atomic E-state index is 14.4. The average Bonchev–Trinajstić information content (AvgIpc) is 3.20. The summed E-state index contributed by atoms with van der Waals surface area (Å²) in [6.45, 7) is 6.80. The fraction of sp³-hybridized carbons (Fsp3) is 0.364.